The molecule has 0 aliphatic carbocycles. The SMILES string of the molecule is Cc1ccc(OC[C@@]2(O)CCCN(Cc3cccc(OCCN4CCCCC4)c3)CC2)c(C)c1. The number of nitrogens with zero attached hydrogens (tertiary/aromatic N) is 2. The van der Waals surface area contributed by atoms with Crippen molar-refractivity contribution in [2.45, 2.75) is 64.5 Å². The highest BCUT2D eigenvalue weighted by molar-refractivity contribution is 5.35. The number of aryl methyl sites for hydroxylation is 2. The van der Waals surface area contributed by atoms with E-state index in [4.69, 9.17) is 9.47 Å². The highest BCUT2D eigenvalue weighted by atomic mass is 16.5. The van der Waals surface area contributed by atoms with E-state index in [2.05, 4.69) is 60.0 Å². The van der Waals surface area contributed by atoms with Crippen molar-refractivity contribution >= 4 is 0 Å². The molecule has 2 aliphatic rings. The van der Waals surface area contributed by atoms with E-state index in [0.29, 0.717) is 6.61 Å². The predicted molar refractivity (Wildman–Crippen MR) is 138 cm³/mol. The molecule has 2 aromatic carbocycles. The second-order valence-electron chi connectivity index (χ2n) is 10.3. The molecule has 2 aromatic rings. The zero-order valence-electron chi connectivity index (χ0n) is 21.1. The summed E-state index contributed by atoms with van der Waals surface area (Å²) < 4.78 is 12.1. The summed E-state index contributed by atoms with van der Waals surface area (Å²) in [5, 5.41) is 11.2. The Morgan fingerprint density at radius 1 is 0.853 bits per heavy atom. The van der Waals surface area contributed by atoms with Crippen LogP contribution in [0.4, 0.5) is 0 Å². The van der Waals surface area contributed by atoms with Crippen LogP contribution in [-0.4, -0.2) is 66.4 Å². The van der Waals surface area contributed by atoms with Crippen molar-refractivity contribution < 1.29 is 14.6 Å². The lowest BCUT2D eigenvalue weighted by molar-refractivity contribution is -0.0170. The van der Waals surface area contributed by atoms with Gasteiger partial charge in [0.15, 0.2) is 0 Å². The molecule has 5 heteroatoms. The smallest absolute Gasteiger partial charge is 0.122 e. The first-order chi connectivity index (χ1) is 16.5. The van der Waals surface area contributed by atoms with Crippen LogP contribution in [0.2, 0.25) is 0 Å². The van der Waals surface area contributed by atoms with Gasteiger partial charge in [-0.3, -0.25) is 9.80 Å². The second-order valence-corrected chi connectivity index (χ2v) is 10.3. The third-order valence-electron chi connectivity index (χ3n) is 7.27. The van der Waals surface area contributed by atoms with Crippen molar-refractivity contribution in [3.05, 3.63) is 59.2 Å². The van der Waals surface area contributed by atoms with Gasteiger partial charge in [-0.05, 0) is 94.9 Å². The van der Waals surface area contributed by atoms with E-state index in [1.807, 2.05) is 6.07 Å². The lowest BCUT2D eigenvalue weighted by Gasteiger charge is -2.27. The molecule has 5 nitrogen and oxygen atoms in total. The Morgan fingerprint density at radius 2 is 1.68 bits per heavy atom. The van der Waals surface area contributed by atoms with E-state index < -0.39 is 5.60 Å². The van der Waals surface area contributed by atoms with Gasteiger partial charge in [0.2, 0.25) is 0 Å². The first-order valence-electron chi connectivity index (χ1n) is 13.1. The van der Waals surface area contributed by atoms with Gasteiger partial charge in [0, 0.05) is 19.6 Å². The molecule has 0 aromatic heterocycles. The maximum atomic E-state index is 11.2. The summed E-state index contributed by atoms with van der Waals surface area (Å²) in [6, 6.07) is 14.7. The van der Waals surface area contributed by atoms with Crippen LogP contribution in [0, 0.1) is 13.8 Å². The molecular formula is C29H42N2O3. The molecule has 0 bridgehead atoms. The van der Waals surface area contributed by atoms with E-state index in [1.54, 1.807) is 0 Å². The minimum Gasteiger partial charge on any atom is -0.492 e. The maximum Gasteiger partial charge on any atom is 0.122 e. The van der Waals surface area contributed by atoms with Crippen molar-refractivity contribution in [1.29, 1.82) is 0 Å². The molecule has 186 valence electrons. The average molecular weight is 467 g/mol. The van der Waals surface area contributed by atoms with Crippen molar-refractivity contribution in [3.8, 4) is 11.5 Å². The minimum atomic E-state index is -0.772. The van der Waals surface area contributed by atoms with Crippen LogP contribution in [-0.2, 0) is 6.54 Å². The van der Waals surface area contributed by atoms with Crippen molar-refractivity contribution in [2.75, 3.05) is 45.9 Å². The van der Waals surface area contributed by atoms with E-state index in [0.717, 1.165) is 69.1 Å². The van der Waals surface area contributed by atoms with E-state index >= 15 is 0 Å². The standard InChI is InChI=1S/C29H42N2O3/c1-24-10-11-28(25(2)20-24)34-23-29(32)12-7-16-31(17-13-29)22-26-8-6-9-27(21-26)33-19-18-30-14-4-3-5-15-30/h6,8-11,20-21,32H,3-5,7,12-19,22-23H2,1-2H3/t29-/m1/s1. The minimum absolute atomic E-state index is 0.352. The molecule has 1 atom stereocenters. The van der Waals surface area contributed by atoms with Gasteiger partial charge in [-0.2, -0.15) is 0 Å². The molecule has 2 fully saturated rings. The van der Waals surface area contributed by atoms with Crippen LogP contribution in [0.3, 0.4) is 0 Å². The number of piperidine rings is 1. The quantitative estimate of drug-likeness (QED) is 0.566. The highest BCUT2D eigenvalue weighted by Gasteiger charge is 2.31. The fraction of sp³-hybridized carbons (Fsp3) is 0.586. The third-order valence-corrected chi connectivity index (χ3v) is 7.27. The Bertz CT molecular complexity index is 912. The van der Waals surface area contributed by atoms with Crippen LogP contribution in [0.25, 0.3) is 0 Å². The molecule has 1 N–H and O–H groups in total. The van der Waals surface area contributed by atoms with Gasteiger partial charge in [-0.25, -0.2) is 0 Å². The lowest BCUT2D eigenvalue weighted by atomic mass is 9.96. The van der Waals surface area contributed by atoms with Crippen LogP contribution < -0.4 is 9.47 Å². The molecule has 34 heavy (non-hydrogen) atoms. The van der Waals surface area contributed by atoms with Crippen LogP contribution >= 0.6 is 0 Å². The van der Waals surface area contributed by atoms with Gasteiger partial charge in [-0.15, -0.1) is 0 Å². The molecular weight excluding hydrogens is 424 g/mol. The molecule has 0 amide bonds. The molecule has 0 spiro atoms. The van der Waals surface area contributed by atoms with Crippen molar-refractivity contribution in [2.24, 2.45) is 0 Å². The van der Waals surface area contributed by atoms with Crippen LogP contribution in [0.1, 0.15) is 55.2 Å². The largest absolute Gasteiger partial charge is 0.492 e. The average Bonchev–Trinajstić information content (AvgIpc) is 3.01. The molecule has 2 aliphatic heterocycles. The van der Waals surface area contributed by atoms with Crippen LogP contribution in [0.15, 0.2) is 42.5 Å². The highest BCUT2D eigenvalue weighted by Crippen LogP contribution is 2.27. The summed E-state index contributed by atoms with van der Waals surface area (Å²) in [6.45, 7) is 11.4. The lowest BCUT2D eigenvalue weighted by Crippen LogP contribution is -2.37. The second kappa shape index (κ2) is 12.1. The van der Waals surface area contributed by atoms with E-state index in [1.165, 1.54) is 43.5 Å². The number of hydrogen-bond donors (Lipinski definition) is 1. The number of aliphatic hydroxyl groups is 1. The number of ether oxygens (including phenoxy) is 2. The van der Waals surface area contributed by atoms with Crippen molar-refractivity contribution in [1.82, 2.24) is 9.80 Å². The van der Waals surface area contributed by atoms with Crippen molar-refractivity contribution in [3.63, 3.8) is 0 Å². The number of likely N-dealkylation sites (tertiary alicyclic amines) is 2. The topological polar surface area (TPSA) is 45.2 Å². The Labute approximate surface area is 205 Å². The number of rotatable bonds is 9. The predicted octanol–water partition coefficient (Wildman–Crippen LogP) is 4.96. The first-order valence-corrected chi connectivity index (χ1v) is 13.1. The number of hydrogen-bond acceptors (Lipinski definition) is 5. The molecule has 2 heterocycles. The van der Waals surface area contributed by atoms with Gasteiger partial charge in [0.05, 0.1) is 5.60 Å². The van der Waals surface area contributed by atoms with Gasteiger partial charge in [0.1, 0.15) is 24.7 Å². The van der Waals surface area contributed by atoms with Crippen LogP contribution in [0.5, 0.6) is 11.5 Å². The van der Waals surface area contributed by atoms with E-state index in [9.17, 15) is 5.11 Å². The molecule has 0 radical (unpaired) electrons. The third kappa shape index (κ3) is 7.46. The molecule has 2 saturated heterocycles. The summed E-state index contributed by atoms with van der Waals surface area (Å²) in [6.07, 6.45) is 6.47. The van der Waals surface area contributed by atoms with Gasteiger partial charge < -0.3 is 14.6 Å². The summed E-state index contributed by atoms with van der Waals surface area (Å²) in [4.78, 5) is 4.96. The van der Waals surface area contributed by atoms with Gasteiger partial charge in [-0.1, -0.05) is 36.2 Å². The Kier molecular flexibility index (Phi) is 8.87. The Hall–Kier alpha value is -2.08. The summed E-state index contributed by atoms with van der Waals surface area (Å²) >= 11 is 0. The van der Waals surface area contributed by atoms with E-state index in [-0.39, 0.29) is 0 Å². The first kappa shape index (κ1) is 25.0. The molecule has 4 rings (SSSR count). The monoisotopic (exact) mass is 466 g/mol. The Morgan fingerprint density at radius 3 is 2.50 bits per heavy atom. The Balaban J connectivity index is 1.24. The summed E-state index contributed by atoms with van der Waals surface area (Å²) in [5.74, 6) is 1.83. The summed E-state index contributed by atoms with van der Waals surface area (Å²) in [5.41, 5.74) is 2.85. The molecule has 0 unspecified atom stereocenters. The molecule has 0 saturated carbocycles. The summed E-state index contributed by atoms with van der Waals surface area (Å²) in [7, 11) is 0. The fourth-order valence-corrected chi connectivity index (χ4v) is 5.18. The zero-order chi connectivity index (χ0) is 23.8. The van der Waals surface area contributed by atoms with Gasteiger partial charge in [0.25, 0.3) is 0 Å². The number of benzene rings is 2. The fourth-order valence-electron chi connectivity index (χ4n) is 5.18. The zero-order valence-corrected chi connectivity index (χ0v) is 21.1. The van der Waals surface area contributed by atoms with Gasteiger partial charge >= 0.3 is 0 Å². The normalized spacial score (nSPS) is 22.3. The maximum absolute atomic E-state index is 11.2.